The molecule has 0 amide bonds. The van der Waals surface area contributed by atoms with Crippen molar-refractivity contribution in [3.63, 3.8) is 0 Å². The van der Waals surface area contributed by atoms with Crippen LogP contribution in [0.1, 0.15) is 28.8 Å². The molecule has 7 nitrogen and oxygen atoms in total. The molecule has 3 N–H and O–H groups in total. The third-order valence-corrected chi connectivity index (χ3v) is 5.83. The summed E-state index contributed by atoms with van der Waals surface area (Å²) in [6.07, 6.45) is 0.970. The Morgan fingerprint density at radius 3 is 2.27 bits per heavy atom. The largest absolute Gasteiger partial charge is 0.493 e. The number of aliphatic hydroxyl groups is 1. The van der Waals surface area contributed by atoms with E-state index < -0.39 is 16.1 Å². The van der Waals surface area contributed by atoms with Gasteiger partial charge in [0.1, 0.15) is 0 Å². The van der Waals surface area contributed by atoms with Crippen LogP contribution in [-0.2, 0) is 16.4 Å². The highest BCUT2D eigenvalue weighted by molar-refractivity contribution is 7.92. The molecule has 0 saturated heterocycles. The fourth-order valence-electron chi connectivity index (χ4n) is 3.62. The first-order valence-corrected chi connectivity index (χ1v) is 12.4. The van der Waals surface area contributed by atoms with Crippen molar-refractivity contribution in [1.29, 1.82) is 0 Å². The van der Waals surface area contributed by atoms with Gasteiger partial charge in [0.15, 0.2) is 11.5 Å². The van der Waals surface area contributed by atoms with Gasteiger partial charge in [-0.2, -0.15) is 0 Å². The normalized spacial score (nSPS) is 13.2. The molecule has 0 aliphatic carbocycles. The lowest BCUT2D eigenvalue weighted by atomic mass is 9.97. The molecule has 0 fully saturated rings. The first kappa shape index (κ1) is 24.6. The summed E-state index contributed by atoms with van der Waals surface area (Å²) in [5, 5.41) is 14.3. The van der Waals surface area contributed by atoms with Gasteiger partial charge in [-0.1, -0.05) is 48.5 Å². The predicted molar refractivity (Wildman–Crippen MR) is 130 cm³/mol. The van der Waals surface area contributed by atoms with E-state index in [0.717, 1.165) is 17.4 Å². The molecule has 8 heteroatoms. The Kier molecular flexibility index (Phi) is 8.32. The Morgan fingerprint density at radius 1 is 0.879 bits per heavy atom. The zero-order valence-corrected chi connectivity index (χ0v) is 19.8. The average molecular weight is 471 g/mol. The van der Waals surface area contributed by atoms with E-state index in [4.69, 9.17) is 9.47 Å². The maximum atomic E-state index is 11.5. The van der Waals surface area contributed by atoms with Gasteiger partial charge in [0.05, 0.1) is 26.6 Å². The molecule has 0 aliphatic heterocycles. The van der Waals surface area contributed by atoms with E-state index in [1.165, 1.54) is 0 Å². The summed E-state index contributed by atoms with van der Waals surface area (Å²) < 4.78 is 36.3. The van der Waals surface area contributed by atoms with Gasteiger partial charge in [-0.3, -0.25) is 4.72 Å². The van der Waals surface area contributed by atoms with Crippen LogP contribution in [0.2, 0.25) is 0 Å². The zero-order chi connectivity index (χ0) is 23.8. The summed E-state index contributed by atoms with van der Waals surface area (Å²) in [5.41, 5.74) is 3.17. The quantitative estimate of drug-likeness (QED) is 0.396. The van der Waals surface area contributed by atoms with E-state index in [1.54, 1.807) is 38.5 Å². The van der Waals surface area contributed by atoms with Gasteiger partial charge in [0, 0.05) is 18.3 Å². The Labute approximate surface area is 195 Å². The van der Waals surface area contributed by atoms with Crippen LogP contribution in [0.5, 0.6) is 11.5 Å². The molecule has 0 spiro atoms. The Bertz CT molecular complexity index is 1150. The number of sulfonamides is 1. The van der Waals surface area contributed by atoms with Crippen molar-refractivity contribution < 1.29 is 23.0 Å². The zero-order valence-electron chi connectivity index (χ0n) is 19.0. The number of hydrogen-bond donors (Lipinski definition) is 3. The Hall–Kier alpha value is -3.07. The summed E-state index contributed by atoms with van der Waals surface area (Å²) in [7, 11) is -0.200. The lowest BCUT2D eigenvalue weighted by Gasteiger charge is -2.23. The van der Waals surface area contributed by atoms with Crippen LogP contribution < -0.4 is 19.5 Å². The minimum atomic E-state index is -3.40. The lowest BCUT2D eigenvalue weighted by Crippen LogP contribution is -2.28. The van der Waals surface area contributed by atoms with E-state index in [-0.39, 0.29) is 12.6 Å². The number of anilines is 1. The number of hydrogen-bond acceptors (Lipinski definition) is 6. The topological polar surface area (TPSA) is 96.9 Å². The van der Waals surface area contributed by atoms with Crippen molar-refractivity contribution in [3.8, 4) is 11.5 Å². The number of benzene rings is 3. The van der Waals surface area contributed by atoms with Crippen LogP contribution in [0.4, 0.5) is 5.69 Å². The van der Waals surface area contributed by atoms with Crippen molar-refractivity contribution >= 4 is 15.7 Å². The number of methoxy groups -OCH3 is 2. The van der Waals surface area contributed by atoms with Crippen molar-refractivity contribution in [1.82, 2.24) is 5.32 Å². The summed E-state index contributed by atoms with van der Waals surface area (Å²) in [4.78, 5) is 0. The van der Waals surface area contributed by atoms with Crippen molar-refractivity contribution in [2.45, 2.75) is 18.6 Å². The van der Waals surface area contributed by atoms with E-state index >= 15 is 0 Å². The molecule has 0 saturated carbocycles. The summed E-state index contributed by atoms with van der Waals surface area (Å²) >= 11 is 0. The molecule has 0 radical (unpaired) electrons. The van der Waals surface area contributed by atoms with Crippen LogP contribution >= 0.6 is 0 Å². The molecule has 3 rings (SSSR count). The SMILES string of the molecule is COc1ccc([C@@H](Cc2ccccc2)NC[C@H](O)c2cccc(NS(C)(=O)=O)c2)cc1OC. The standard InChI is InChI=1S/C25H30N2O5S/c1-31-24-13-12-19(16-25(24)32-2)22(14-18-8-5-4-6-9-18)26-17-23(28)20-10-7-11-21(15-20)27-33(3,29)30/h4-13,15-16,22-23,26-28H,14,17H2,1-3H3/t22-,23+/m1/s1. The molecule has 33 heavy (non-hydrogen) atoms. The van der Waals surface area contributed by atoms with Crippen LogP contribution in [0.15, 0.2) is 72.8 Å². The number of rotatable bonds is 11. The van der Waals surface area contributed by atoms with Gasteiger partial charge in [-0.15, -0.1) is 0 Å². The van der Waals surface area contributed by atoms with Gasteiger partial charge >= 0.3 is 0 Å². The summed E-state index contributed by atoms with van der Waals surface area (Å²) in [6, 6.07) is 22.5. The molecular formula is C25H30N2O5S. The number of aliphatic hydroxyl groups excluding tert-OH is 1. The predicted octanol–water partition coefficient (Wildman–Crippen LogP) is 3.68. The van der Waals surface area contributed by atoms with Gasteiger partial charge in [-0.05, 0) is 47.4 Å². The van der Waals surface area contributed by atoms with Gasteiger partial charge in [-0.25, -0.2) is 8.42 Å². The second-order valence-electron chi connectivity index (χ2n) is 7.78. The smallest absolute Gasteiger partial charge is 0.229 e. The monoisotopic (exact) mass is 470 g/mol. The third kappa shape index (κ3) is 7.21. The maximum Gasteiger partial charge on any atom is 0.229 e. The van der Waals surface area contributed by atoms with Crippen LogP contribution in [0, 0.1) is 0 Å². The van der Waals surface area contributed by atoms with Crippen LogP contribution in [0.3, 0.4) is 0 Å². The Balaban J connectivity index is 1.80. The molecule has 2 atom stereocenters. The maximum absolute atomic E-state index is 11.5. The molecule has 0 heterocycles. The van der Waals surface area contributed by atoms with Gasteiger partial charge < -0.3 is 19.9 Å². The minimum absolute atomic E-state index is 0.0980. The van der Waals surface area contributed by atoms with Gasteiger partial charge in [0.2, 0.25) is 10.0 Å². The van der Waals surface area contributed by atoms with E-state index in [1.807, 2.05) is 36.4 Å². The molecule has 3 aromatic carbocycles. The van der Waals surface area contributed by atoms with Gasteiger partial charge in [0.25, 0.3) is 0 Å². The number of nitrogens with one attached hydrogen (secondary N) is 2. The first-order valence-electron chi connectivity index (χ1n) is 10.5. The van der Waals surface area contributed by atoms with Crippen molar-refractivity contribution in [2.75, 3.05) is 31.7 Å². The molecule has 176 valence electrons. The van der Waals surface area contributed by atoms with E-state index in [0.29, 0.717) is 29.2 Å². The van der Waals surface area contributed by atoms with E-state index in [2.05, 4.69) is 22.2 Å². The van der Waals surface area contributed by atoms with E-state index in [9.17, 15) is 13.5 Å². The summed E-state index contributed by atoms with van der Waals surface area (Å²) in [6.45, 7) is 0.272. The molecule has 0 aromatic heterocycles. The lowest BCUT2D eigenvalue weighted by molar-refractivity contribution is 0.169. The third-order valence-electron chi connectivity index (χ3n) is 5.22. The van der Waals surface area contributed by atoms with Crippen molar-refractivity contribution in [3.05, 3.63) is 89.5 Å². The molecule has 3 aromatic rings. The average Bonchev–Trinajstić information content (AvgIpc) is 2.80. The fraction of sp³-hybridized carbons (Fsp3) is 0.280. The number of ether oxygens (including phenoxy) is 2. The molecule has 0 unspecified atom stereocenters. The molecular weight excluding hydrogens is 440 g/mol. The minimum Gasteiger partial charge on any atom is -0.493 e. The second kappa shape index (κ2) is 11.2. The highest BCUT2D eigenvalue weighted by atomic mass is 32.2. The van der Waals surface area contributed by atoms with Crippen LogP contribution in [-0.4, -0.2) is 40.5 Å². The highest BCUT2D eigenvalue weighted by Crippen LogP contribution is 2.31. The Morgan fingerprint density at radius 2 is 1.61 bits per heavy atom. The molecule has 0 aliphatic rings. The second-order valence-corrected chi connectivity index (χ2v) is 9.53. The summed E-state index contributed by atoms with van der Waals surface area (Å²) in [5.74, 6) is 1.28. The molecule has 0 bridgehead atoms. The highest BCUT2D eigenvalue weighted by Gasteiger charge is 2.18. The van der Waals surface area contributed by atoms with Crippen LogP contribution in [0.25, 0.3) is 0 Å². The fourth-order valence-corrected chi connectivity index (χ4v) is 4.18. The first-order chi connectivity index (χ1) is 15.8. The van der Waals surface area contributed by atoms with Crippen molar-refractivity contribution in [2.24, 2.45) is 0 Å².